The Morgan fingerprint density at radius 3 is 2.76 bits per heavy atom. The van der Waals surface area contributed by atoms with E-state index in [1.165, 1.54) is 0 Å². The van der Waals surface area contributed by atoms with E-state index in [0.29, 0.717) is 6.54 Å². The van der Waals surface area contributed by atoms with Crippen molar-refractivity contribution in [1.82, 2.24) is 10.6 Å². The monoisotopic (exact) mass is 321 g/mol. The van der Waals surface area contributed by atoms with Crippen molar-refractivity contribution in [3.05, 3.63) is 28.8 Å². The van der Waals surface area contributed by atoms with Gasteiger partial charge >= 0.3 is 12.2 Å². The van der Waals surface area contributed by atoms with Gasteiger partial charge in [-0.2, -0.15) is 13.2 Å². The molecule has 0 unspecified atom stereocenters. The van der Waals surface area contributed by atoms with Crippen LogP contribution in [-0.2, 0) is 6.18 Å². The Labute approximate surface area is 125 Å². The molecule has 4 nitrogen and oxygen atoms in total. The van der Waals surface area contributed by atoms with Crippen molar-refractivity contribution in [2.45, 2.75) is 25.1 Å². The normalized spacial score (nSPS) is 19.1. The highest BCUT2D eigenvalue weighted by atomic mass is 35.5. The first-order valence-electron chi connectivity index (χ1n) is 6.51. The molecule has 2 rings (SSSR count). The van der Waals surface area contributed by atoms with Gasteiger partial charge in [-0.25, -0.2) is 4.79 Å². The summed E-state index contributed by atoms with van der Waals surface area (Å²) in [6.07, 6.45) is -2.71. The second kappa shape index (κ2) is 6.53. The van der Waals surface area contributed by atoms with Crippen molar-refractivity contribution in [1.29, 1.82) is 0 Å². The second-order valence-electron chi connectivity index (χ2n) is 4.83. The number of benzene rings is 1. The summed E-state index contributed by atoms with van der Waals surface area (Å²) in [5.41, 5.74) is -0.922. The lowest BCUT2D eigenvalue weighted by atomic mass is 10.1. The van der Waals surface area contributed by atoms with Crippen LogP contribution in [0.5, 0.6) is 0 Å². The number of alkyl halides is 3. The molecule has 0 aromatic heterocycles. The number of urea groups is 1. The number of hydrogen-bond acceptors (Lipinski definition) is 2. The number of rotatable bonds is 2. The lowest BCUT2D eigenvalue weighted by Gasteiger charge is -2.24. The predicted octanol–water partition coefficient (Wildman–Crippen LogP) is 3.23. The highest BCUT2D eigenvalue weighted by molar-refractivity contribution is 6.33. The van der Waals surface area contributed by atoms with E-state index in [9.17, 15) is 18.0 Å². The first-order valence-corrected chi connectivity index (χ1v) is 6.89. The van der Waals surface area contributed by atoms with Gasteiger partial charge in [-0.15, -0.1) is 0 Å². The van der Waals surface area contributed by atoms with Crippen molar-refractivity contribution in [2.75, 3.05) is 18.4 Å². The Balaban J connectivity index is 2.02. The maximum absolute atomic E-state index is 12.6. The third-order valence-electron chi connectivity index (χ3n) is 3.17. The Hall–Kier alpha value is -1.47. The summed E-state index contributed by atoms with van der Waals surface area (Å²) >= 11 is 5.81. The van der Waals surface area contributed by atoms with Crippen molar-refractivity contribution in [3.8, 4) is 0 Å². The molecule has 116 valence electrons. The maximum atomic E-state index is 12.6. The van der Waals surface area contributed by atoms with Crippen molar-refractivity contribution < 1.29 is 18.0 Å². The fourth-order valence-electron chi connectivity index (χ4n) is 2.12. The SMILES string of the molecule is O=C(Nc1cc(C(F)(F)F)ccc1Cl)N[C@@H]1CCCNC1. The Morgan fingerprint density at radius 2 is 2.14 bits per heavy atom. The van der Waals surface area contributed by atoms with Gasteiger partial charge in [0, 0.05) is 12.6 Å². The van der Waals surface area contributed by atoms with Gasteiger partial charge in [-0.05, 0) is 37.6 Å². The predicted molar refractivity (Wildman–Crippen MR) is 74.5 cm³/mol. The number of carbonyl (C=O) groups excluding carboxylic acids is 1. The molecule has 1 aliphatic heterocycles. The van der Waals surface area contributed by atoms with Crippen LogP contribution in [0.15, 0.2) is 18.2 Å². The largest absolute Gasteiger partial charge is 0.416 e. The van der Waals surface area contributed by atoms with Gasteiger partial charge in [-0.1, -0.05) is 11.6 Å². The molecule has 1 atom stereocenters. The minimum atomic E-state index is -4.48. The van der Waals surface area contributed by atoms with Gasteiger partial charge < -0.3 is 16.0 Å². The number of halogens is 4. The zero-order chi connectivity index (χ0) is 15.5. The number of carbonyl (C=O) groups is 1. The molecule has 1 aromatic rings. The topological polar surface area (TPSA) is 53.2 Å². The molecular weight excluding hydrogens is 307 g/mol. The Morgan fingerprint density at radius 1 is 1.38 bits per heavy atom. The van der Waals surface area contributed by atoms with Crippen LogP contribution >= 0.6 is 11.6 Å². The van der Waals surface area contributed by atoms with Gasteiger partial charge in [0.15, 0.2) is 0 Å². The van der Waals surface area contributed by atoms with E-state index in [1.807, 2.05) is 0 Å². The fourth-order valence-corrected chi connectivity index (χ4v) is 2.28. The van der Waals surface area contributed by atoms with E-state index in [1.54, 1.807) is 0 Å². The highest BCUT2D eigenvalue weighted by Crippen LogP contribution is 2.33. The highest BCUT2D eigenvalue weighted by Gasteiger charge is 2.31. The molecule has 1 aromatic carbocycles. The van der Waals surface area contributed by atoms with E-state index in [-0.39, 0.29) is 16.8 Å². The van der Waals surface area contributed by atoms with Gasteiger partial charge in [0.25, 0.3) is 0 Å². The number of nitrogens with one attached hydrogen (secondary N) is 3. The summed E-state index contributed by atoms with van der Waals surface area (Å²) in [6.45, 7) is 1.54. The first kappa shape index (κ1) is 15.9. The Bertz CT molecular complexity index is 516. The van der Waals surface area contributed by atoms with Crippen molar-refractivity contribution in [3.63, 3.8) is 0 Å². The average Bonchev–Trinajstić information content (AvgIpc) is 2.41. The summed E-state index contributed by atoms with van der Waals surface area (Å²) < 4.78 is 37.9. The molecule has 1 heterocycles. The molecule has 1 saturated heterocycles. The third kappa shape index (κ3) is 4.50. The number of anilines is 1. The van der Waals surface area contributed by atoms with E-state index < -0.39 is 17.8 Å². The fraction of sp³-hybridized carbons (Fsp3) is 0.462. The van der Waals surface area contributed by atoms with Gasteiger partial charge in [0.1, 0.15) is 0 Å². The van der Waals surface area contributed by atoms with Crippen LogP contribution in [0.25, 0.3) is 0 Å². The van der Waals surface area contributed by atoms with Crippen LogP contribution in [-0.4, -0.2) is 25.2 Å². The molecule has 8 heteroatoms. The van der Waals surface area contributed by atoms with Gasteiger partial charge in [0.05, 0.1) is 16.3 Å². The number of piperidine rings is 1. The van der Waals surface area contributed by atoms with Gasteiger partial charge in [0.2, 0.25) is 0 Å². The standard InChI is InChI=1S/C13H15ClF3N3O/c14-10-4-3-8(13(15,16)17)6-11(10)20-12(21)19-9-2-1-5-18-7-9/h3-4,6,9,18H,1-2,5,7H2,(H2,19,20,21)/t9-/m1/s1. The lowest BCUT2D eigenvalue weighted by molar-refractivity contribution is -0.137. The van der Waals surface area contributed by atoms with Crippen molar-refractivity contribution in [2.24, 2.45) is 0 Å². The van der Waals surface area contributed by atoms with Crippen LogP contribution in [0.1, 0.15) is 18.4 Å². The number of hydrogen-bond donors (Lipinski definition) is 3. The van der Waals surface area contributed by atoms with E-state index >= 15 is 0 Å². The zero-order valence-corrected chi connectivity index (χ0v) is 11.8. The molecule has 1 fully saturated rings. The quantitative estimate of drug-likeness (QED) is 0.783. The molecule has 0 aliphatic carbocycles. The molecule has 0 spiro atoms. The van der Waals surface area contributed by atoms with E-state index in [4.69, 9.17) is 11.6 Å². The summed E-state index contributed by atoms with van der Waals surface area (Å²) in [5, 5.41) is 8.24. The summed E-state index contributed by atoms with van der Waals surface area (Å²) in [4.78, 5) is 11.8. The minimum absolute atomic E-state index is 0.0386. The number of amides is 2. The van der Waals surface area contributed by atoms with Crippen LogP contribution < -0.4 is 16.0 Å². The van der Waals surface area contributed by atoms with E-state index in [0.717, 1.165) is 37.6 Å². The van der Waals surface area contributed by atoms with Crippen molar-refractivity contribution >= 4 is 23.3 Å². The van der Waals surface area contributed by atoms with Gasteiger partial charge in [-0.3, -0.25) is 0 Å². The van der Waals surface area contributed by atoms with Crippen LogP contribution in [0.3, 0.4) is 0 Å². The van der Waals surface area contributed by atoms with Crippen LogP contribution in [0.4, 0.5) is 23.7 Å². The molecule has 2 amide bonds. The average molecular weight is 322 g/mol. The summed E-state index contributed by atoms with van der Waals surface area (Å²) in [7, 11) is 0. The first-order chi connectivity index (χ1) is 9.86. The molecule has 0 radical (unpaired) electrons. The Kier molecular flexibility index (Phi) is 4.95. The molecule has 1 aliphatic rings. The van der Waals surface area contributed by atoms with E-state index in [2.05, 4.69) is 16.0 Å². The summed E-state index contributed by atoms with van der Waals surface area (Å²) in [5.74, 6) is 0. The maximum Gasteiger partial charge on any atom is 0.416 e. The summed E-state index contributed by atoms with van der Waals surface area (Å²) in [6, 6.07) is 2.20. The third-order valence-corrected chi connectivity index (χ3v) is 3.50. The lowest BCUT2D eigenvalue weighted by Crippen LogP contribution is -2.47. The smallest absolute Gasteiger partial charge is 0.334 e. The molecule has 21 heavy (non-hydrogen) atoms. The second-order valence-corrected chi connectivity index (χ2v) is 5.24. The van der Waals surface area contributed by atoms with Crippen LogP contribution in [0, 0.1) is 0 Å². The molecule has 0 saturated carbocycles. The minimum Gasteiger partial charge on any atom is -0.334 e. The molecular formula is C13H15ClF3N3O. The zero-order valence-electron chi connectivity index (χ0n) is 11.1. The molecule has 0 bridgehead atoms. The molecule has 3 N–H and O–H groups in total. The van der Waals surface area contributed by atoms with Crippen LogP contribution in [0.2, 0.25) is 5.02 Å².